The largest absolute Gasteiger partial charge is 0.347 e. The second-order valence-corrected chi connectivity index (χ2v) is 8.04. The number of carbonyl (C=O) groups excluding carboxylic acids is 1. The van der Waals surface area contributed by atoms with Crippen LogP contribution in [-0.4, -0.2) is 53.9 Å². The van der Waals surface area contributed by atoms with Crippen molar-refractivity contribution >= 4 is 17.2 Å². The molecule has 2 aromatic rings. The van der Waals surface area contributed by atoms with Crippen LogP contribution in [-0.2, 0) is 19.5 Å². The van der Waals surface area contributed by atoms with E-state index in [4.69, 9.17) is 0 Å². The third-order valence-electron chi connectivity index (χ3n) is 4.83. The van der Waals surface area contributed by atoms with Gasteiger partial charge in [0.1, 0.15) is 4.88 Å². The van der Waals surface area contributed by atoms with Crippen LogP contribution in [0.15, 0.2) is 24.3 Å². The van der Waals surface area contributed by atoms with Gasteiger partial charge in [-0.15, -0.1) is 11.3 Å². The van der Waals surface area contributed by atoms with Gasteiger partial charge in [0.25, 0.3) is 5.91 Å². The second kappa shape index (κ2) is 8.75. The van der Waals surface area contributed by atoms with Crippen LogP contribution in [0.4, 0.5) is 0 Å². The minimum absolute atomic E-state index is 0.0267. The van der Waals surface area contributed by atoms with Crippen molar-refractivity contribution in [3.63, 3.8) is 0 Å². The molecule has 26 heavy (non-hydrogen) atoms. The Morgan fingerprint density at radius 2 is 1.81 bits per heavy atom. The fourth-order valence-corrected chi connectivity index (χ4v) is 4.02. The summed E-state index contributed by atoms with van der Waals surface area (Å²) in [6.07, 6.45) is 0.869. The van der Waals surface area contributed by atoms with Gasteiger partial charge in [0.15, 0.2) is 0 Å². The molecule has 1 aromatic heterocycles. The van der Waals surface area contributed by atoms with Crippen molar-refractivity contribution in [3.8, 4) is 0 Å². The van der Waals surface area contributed by atoms with Crippen LogP contribution in [0.2, 0.25) is 0 Å². The van der Waals surface area contributed by atoms with Gasteiger partial charge in [-0.25, -0.2) is 4.98 Å². The highest BCUT2D eigenvalue weighted by molar-refractivity contribution is 7.13. The van der Waals surface area contributed by atoms with Crippen LogP contribution in [0.5, 0.6) is 0 Å². The van der Waals surface area contributed by atoms with Crippen LogP contribution in [0.1, 0.15) is 38.4 Å². The zero-order valence-corrected chi connectivity index (χ0v) is 16.7. The van der Waals surface area contributed by atoms with Crippen LogP contribution in [0.25, 0.3) is 0 Å². The maximum atomic E-state index is 12.4. The predicted molar refractivity (Wildman–Crippen MR) is 107 cm³/mol. The maximum absolute atomic E-state index is 12.4. The highest BCUT2D eigenvalue weighted by Crippen LogP contribution is 2.18. The number of aryl methyl sites for hydroxylation is 2. The van der Waals surface area contributed by atoms with Crippen LogP contribution in [0.3, 0.4) is 0 Å². The first kappa shape index (κ1) is 19.0. The molecule has 3 rings (SSSR count). The Balaban J connectivity index is 1.51. The lowest BCUT2D eigenvalue weighted by atomic mass is 10.1. The Bertz CT molecular complexity index is 733. The molecule has 140 valence electrons. The average Bonchev–Trinajstić information content (AvgIpc) is 3.04. The third kappa shape index (κ3) is 4.90. The molecule has 0 unspecified atom stereocenters. The summed E-state index contributed by atoms with van der Waals surface area (Å²) in [7, 11) is 2.18. The number of aromatic nitrogens is 1. The summed E-state index contributed by atoms with van der Waals surface area (Å²) in [4.78, 5) is 22.4. The van der Waals surface area contributed by atoms with E-state index in [-0.39, 0.29) is 5.91 Å². The zero-order valence-electron chi connectivity index (χ0n) is 15.9. The summed E-state index contributed by atoms with van der Waals surface area (Å²) in [6.45, 7) is 10.0. The number of carbonyl (C=O) groups is 1. The van der Waals surface area contributed by atoms with E-state index < -0.39 is 0 Å². The normalized spacial score (nSPS) is 16.0. The van der Waals surface area contributed by atoms with Crippen molar-refractivity contribution in [2.24, 2.45) is 0 Å². The van der Waals surface area contributed by atoms with E-state index in [0.717, 1.165) is 60.3 Å². The number of rotatable bonds is 6. The molecular formula is C20H28N4OS. The topological polar surface area (TPSA) is 48.5 Å². The second-order valence-electron chi connectivity index (χ2n) is 6.95. The summed E-state index contributed by atoms with van der Waals surface area (Å²) in [5.41, 5.74) is 3.28. The van der Waals surface area contributed by atoms with E-state index >= 15 is 0 Å². The molecule has 1 aliphatic heterocycles. The van der Waals surface area contributed by atoms with Gasteiger partial charge in [-0.05, 0) is 31.5 Å². The zero-order chi connectivity index (χ0) is 18.5. The molecule has 1 amide bonds. The molecule has 6 heteroatoms. The van der Waals surface area contributed by atoms with Crippen molar-refractivity contribution in [2.75, 3.05) is 33.2 Å². The minimum atomic E-state index is -0.0267. The van der Waals surface area contributed by atoms with Gasteiger partial charge in [-0.1, -0.05) is 31.2 Å². The van der Waals surface area contributed by atoms with Gasteiger partial charge in [-0.2, -0.15) is 0 Å². The highest BCUT2D eigenvalue weighted by Gasteiger charge is 2.15. The first-order valence-electron chi connectivity index (χ1n) is 9.28. The number of hydrogen-bond donors (Lipinski definition) is 1. The fourth-order valence-electron chi connectivity index (χ4n) is 3.10. The van der Waals surface area contributed by atoms with Crippen molar-refractivity contribution in [1.29, 1.82) is 0 Å². The number of amides is 1. The molecule has 0 spiro atoms. The number of piperazine rings is 1. The minimum Gasteiger partial charge on any atom is -0.347 e. The van der Waals surface area contributed by atoms with Crippen LogP contribution in [0, 0.1) is 6.92 Å². The van der Waals surface area contributed by atoms with E-state index in [0.29, 0.717) is 6.54 Å². The number of benzene rings is 1. The van der Waals surface area contributed by atoms with Crippen molar-refractivity contribution in [1.82, 2.24) is 20.1 Å². The van der Waals surface area contributed by atoms with E-state index in [9.17, 15) is 4.79 Å². The number of nitrogens with zero attached hydrogens (tertiary/aromatic N) is 3. The van der Waals surface area contributed by atoms with Crippen molar-refractivity contribution in [3.05, 3.63) is 51.0 Å². The summed E-state index contributed by atoms with van der Waals surface area (Å²) in [6, 6.07) is 8.57. The van der Waals surface area contributed by atoms with Gasteiger partial charge in [0.2, 0.25) is 0 Å². The molecule has 1 saturated heterocycles. The van der Waals surface area contributed by atoms with Gasteiger partial charge >= 0.3 is 0 Å². The molecule has 0 aliphatic carbocycles. The first-order chi connectivity index (χ1) is 12.5. The molecule has 0 saturated carbocycles. The van der Waals surface area contributed by atoms with E-state index in [1.54, 1.807) is 0 Å². The number of hydrogen-bond acceptors (Lipinski definition) is 5. The Hall–Kier alpha value is -1.76. The predicted octanol–water partition coefficient (Wildman–Crippen LogP) is 2.69. The number of thiazole rings is 1. The first-order valence-corrected chi connectivity index (χ1v) is 10.1. The van der Waals surface area contributed by atoms with Crippen LogP contribution >= 0.6 is 11.3 Å². The van der Waals surface area contributed by atoms with E-state index in [1.165, 1.54) is 16.9 Å². The summed E-state index contributed by atoms with van der Waals surface area (Å²) in [5, 5.41) is 4.03. The number of nitrogens with one attached hydrogen (secondary N) is 1. The molecule has 0 bridgehead atoms. The number of likely N-dealkylation sites (N-methyl/N-ethyl adjacent to an activating group) is 1. The molecular weight excluding hydrogens is 344 g/mol. The Morgan fingerprint density at radius 3 is 2.42 bits per heavy atom. The third-order valence-corrected chi connectivity index (χ3v) is 6.13. The van der Waals surface area contributed by atoms with Crippen molar-refractivity contribution in [2.45, 2.75) is 33.4 Å². The summed E-state index contributed by atoms with van der Waals surface area (Å²) < 4.78 is 0. The van der Waals surface area contributed by atoms with E-state index in [2.05, 4.69) is 58.3 Å². The molecule has 0 radical (unpaired) electrons. The van der Waals surface area contributed by atoms with Gasteiger partial charge in [-0.3, -0.25) is 9.69 Å². The Kier molecular flexibility index (Phi) is 6.40. The monoisotopic (exact) mass is 372 g/mol. The molecule has 1 N–H and O–H groups in total. The van der Waals surface area contributed by atoms with E-state index in [1.807, 2.05) is 6.92 Å². The lowest BCUT2D eigenvalue weighted by Crippen LogP contribution is -2.43. The highest BCUT2D eigenvalue weighted by atomic mass is 32.1. The average molecular weight is 373 g/mol. The maximum Gasteiger partial charge on any atom is 0.263 e. The molecule has 1 aromatic carbocycles. The summed E-state index contributed by atoms with van der Waals surface area (Å²) in [5.74, 6) is -0.0267. The smallest absolute Gasteiger partial charge is 0.263 e. The molecule has 5 nitrogen and oxygen atoms in total. The Labute approximate surface area is 160 Å². The molecule has 1 aliphatic rings. The standard InChI is InChI=1S/C20H28N4OS/c1-4-18-22-15(2)19(26-18)20(25)21-13-16-5-7-17(8-6-16)14-24-11-9-23(3)10-12-24/h5-8H,4,9-14H2,1-3H3,(H,21,25). The quantitative estimate of drug-likeness (QED) is 0.847. The van der Waals surface area contributed by atoms with Crippen LogP contribution < -0.4 is 5.32 Å². The lowest BCUT2D eigenvalue weighted by Gasteiger charge is -2.32. The van der Waals surface area contributed by atoms with Gasteiger partial charge in [0.05, 0.1) is 10.7 Å². The molecule has 2 heterocycles. The van der Waals surface area contributed by atoms with Gasteiger partial charge < -0.3 is 10.2 Å². The fraction of sp³-hybridized carbons (Fsp3) is 0.500. The molecule has 1 fully saturated rings. The molecule has 0 atom stereocenters. The lowest BCUT2D eigenvalue weighted by molar-refractivity contribution is 0.0954. The Morgan fingerprint density at radius 1 is 1.15 bits per heavy atom. The summed E-state index contributed by atoms with van der Waals surface area (Å²) >= 11 is 1.49. The SMILES string of the molecule is CCc1nc(C)c(C(=O)NCc2ccc(CN3CCN(C)CC3)cc2)s1. The van der Waals surface area contributed by atoms with Crippen molar-refractivity contribution < 1.29 is 4.79 Å². The van der Waals surface area contributed by atoms with Gasteiger partial charge in [0, 0.05) is 39.3 Å².